The van der Waals surface area contributed by atoms with Crippen LogP contribution in [0.2, 0.25) is 0 Å². The second-order valence-corrected chi connectivity index (χ2v) is 9.82. The molecule has 0 aromatic carbocycles. The summed E-state index contributed by atoms with van der Waals surface area (Å²) in [6.45, 7) is 1.19. The summed E-state index contributed by atoms with van der Waals surface area (Å²) >= 11 is 0. The normalized spacial score (nSPS) is 14.9. The molecule has 36 heavy (non-hydrogen) atoms. The first-order valence-electron chi connectivity index (χ1n) is 13.2. The molecule has 2 unspecified atom stereocenters. The Morgan fingerprint density at radius 1 is 0.861 bits per heavy atom. The van der Waals surface area contributed by atoms with Gasteiger partial charge in [0.05, 0.1) is 19.8 Å². The molecule has 0 aliphatic heterocycles. The molecule has 0 bridgehead atoms. The molecule has 0 radical (unpaired) electrons. The van der Waals surface area contributed by atoms with E-state index in [1.165, 1.54) is 25.7 Å². The number of phosphoric ester groups is 1. The molecule has 208 valence electrons. The van der Waals surface area contributed by atoms with Crippen molar-refractivity contribution >= 4 is 13.8 Å². The van der Waals surface area contributed by atoms with Crippen LogP contribution in [0.25, 0.3) is 0 Å². The zero-order valence-corrected chi connectivity index (χ0v) is 22.9. The van der Waals surface area contributed by atoms with E-state index >= 15 is 0 Å². The summed E-state index contributed by atoms with van der Waals surface area (Å²) in [6.07, 6.45) is 28.2. The van der Waals surface area contributed by atoms with Crippen molar-refractivity contribution in [3.05, 3.63) is 48.6 Å². The molecule has 0 aromatic heterocycles. The monoisotopic (exact) mass is 529 g/mol. The molecule has 8 nitrogen and oxygen atoms in total. The van der Waals surface area contributed by atoms with Crippen molar-refractivity contribution in [2.45, 2.75) is 90.1 Å². The van der Waals surface area contributed by atoms with Gasteiger partial charge in [0.15, 0.2) is 0 Å². The van der Waals surface area contributed by atoms with Gasteiger partial charge in [-0.1, -0.05) is 74.8 Å². The van der Waals surface area contributed by atoms with E-state index in [4.69, 9.17) is 15.0 Å². The average molecular weight is 530 g/mol. The summed E-state index contributed by atoms with van der Waals surface area (Å²) in [5, 5.41) is 9.27. The van der Waals surface area contributed by atoms with Crippen LogP contribution in [0, 0.1) is 0 Å². The predicted molar refractivity (Wildman–Crippen MR) is 145 cm³/mol. The first-order valence-corrected chi connectivity index (χ1v) is 14.7. The van der Waals surface area contributed by atoms with Crippen LogP contribution in [0.4, 0.5) is 0 Å². The highest BCUT2D eigenvalue weighted by Crippen LogP contribution is 2.42. The average Bonchev–Trinajstić information content (AvgIpc) is 2.86. The summed E-state index contributed by atoms with van der Waals surface area (Å²) in [5.41, 5.74) is 5.19. The van der Waals surface area contributed by atoms with Gasteiger partial charge in [-0.25, -0.2) is 4.57 Å². The van der Waals surface area contributed by atoms with Crippen molar-refractivity contribution in [1.29, 1.82) is 0 Å². The Labute approximate surface area is 217 Å². The maximum Gasteiger partial charge on any atom is 0.472 e. The molecular formula is C27H48NO7P. The van der Waals surface area contributed by atoms with Crippen molar-refractivity contribution in [3.63, 3.8) is 0 Å². The Kier molecular flexibility index (Phi) is 24.0. The molecule has 0 aliphatic carbocycles. The molecule has 0 amide bonds. The number of carbonyl (C=O) groups excluding carboxylic acids is 1. The summed E-state index contributed by atoms with van der Waals surface area (Å²) in [6, 6.07) is 0. The van der Waals surface area contributed by atoms with Crippen LogP contribution in [0.15, 0.2) is 48.6 Å². The van der Waals surface area contributed by atoms with Gasteiger partial charge >= 0.3 is 13.8 Å². The van der Waals surface area contributed by atoms with Crippen LogP contribution >= 0.6 is 7.82 Å². The molecular weight excluding hydrogens is 481 g/mol. The van der Waals surface area contributed by atoms with E-state index in [1.807, 2.05) is 0 Å². The number of hydrogen-bond acceptors (Lipinski definition) is 7. The quantitative estimate of drug-likeness (QED) is 0.0609. The lowest BCUT2D eigenvalue weighted by atomic mass is 10.1. The zero-order chi connectivity index (χ0) is 26.7. The number of aliphatic hydroxyl groups is 1. The van der Waals surface area contributed by atoms with E-state index in [1.54, 1.807) is 0 Å². The molecule has 0 rings (SSSR count). The van der Waals surface area contributed by atoms with Crippen molar-refractivity contribution in [2.24, 2.45) is 5.73 Å². The van der Waals surface area contributed by atoms with Crippen molar-refractivity contribution in [2.75, 3.05) is 26.4 Å². The summed E-state index contributed by atoms with van der Waals surface area (Å²) < 4.78 is 25.9. The minimum Gasteiger partial charge on any atom is -0.457 e. The molecule has 0 saturated carbocycles. The van der Waals surface area contributed by atoms with Crippen molar-refractivity contribution < 1.29 is 33.1 Å². The molecule has 0 heterocycles. The SMILES string of the molecule is CCCCCC=CCC=CCC=CCC=CCCCCCC(=O)OC(CO)COP(=O)(O)OCCN. The van der Waals surface area contributed by atoms with E-state index in [-0.39, 0.29) is 19.6 Å². The number of esters is 1. The highest BCUT2D eigenvalue weighted by Gasteiger charge is 2.24. The van der Waals surface area contributed by atoms with E-state index in [9.17, 15) is 19.4 Å². The fourth-order valence-corrected chi connectivity index (χ4v) is 3.79. The fraction of sp³-hybridized carbons (Fsp3) is 0.667. The highest BCUT2D eigenvalue weighted by atomic mass is 31.2. The van der Waals surface area contributed by atoms with Crippen LogP contribution in [0.3, 0.4) is 0 Å². The molecule has 0 spiro atoms. The summed E-state index contributed by atoms with van der Waals surface area (Å²) in [4.78, 5) is 21.3. The van der Waals surface area contributed by atoms with Crippen LogP contribution < -0.4 is 5.73 Å². The number of nitrogens with two attached hydrogens (primary N) is 1. The number of allylic oxidation sites excluding steroid dienone is 8. The Morgan fingerprint density at radius 3 is 1.94 bits per heavy atom. The van der Waals surface area contributed by atoms with Crippen LogP contribution in [-0.4, -0.2) is 48.4 Å². The van der Waals surface area contributed by atoms with E-state index < -0.39 is 33.1 Å². The van der Waals surface area contributed by atoms with E-state index in [0.717, 1.165) is 38.5 Å². The Bertz CT molecular complexity index is 692. The smallest absolute Gasteiger partial charge is 0.457 e. The lowest BCUT2D eigenvalue weighted by molar-refractivity contribution is -0.153. The van der Waals surface area contributed by atoms with Gasteiger partial charge < -0.3 is 20.5 Å². The predicted octanol–water partition coefficient (Wildman–Crippen LogP) is 5.91. The first kappa shape index (κ1) is 34.5. The van der Waals surface area contributed by atoms with Gasteiger partial charge in [0.2, 0.25) is 0 Å². The zero-order valence-electron chi connectivity index (χ0n) is 22.0. The molecule has 2 atom stereocenters. The van der Waals surface area contributed by atoms with Gasteiger partial charge in [0.1, 0.15) is 6.10 Å². The highest BCUT2D eigenvalue weighted by molar-refractivity contribution is 7.47. The van der Waals surface area contributed by atoms with Crippen molar-refractivity contribution in [3.8, 4) is 0 Å². The fourth-order valence-electron chi connectivity index (χ4n) is 3.02. The van der Waals surface area contributed by atoms with Gasteiger partial charge in [-0.2, -0.15) is 0 Å². The van der Waals surface area contributed by atoms with Crippen LogP contribution in [-0.2, 0) is 23.1 Å². The number of rotatable bonds is 24. The standard InChI is InChI=1S/C27H48NO7P/c1-2-3-4-5-6-7-8-9-10-11-12-13-14-15-16-17-18-19-20-21-27(30)35-26(24-29)25-34-36(31,32)33-23-22-28/h6-7,9-10,12-13,15-16,26,29H,2-5,8,11,14,17-25,28H2,1H3,(H,31,32). The van der Waals surface area contributed by atoms with Gasteiger partial charge in [-0.05, 0) is 51.4 Å². The lowest BCUT2D eigenvalue weighted by Gasteiger charge is -2.17. The third-order valence-corrected chi connectivity index (χ3v) is 5.99. The third-order valence-electron chi connectivity index (χ3n) is 5.01. The summed E-state index contributed by atoms with van der Waals surface area (Å²) in [5.74, 6) is -0.481. The maximum atomic E-state index is 11.9. The molecule has 0 saturated heterocycles. The molecule has 9 heteroatoms. The van der Waals surface area contributed by atoms with Gasteiger partial charge in [0.25, 0.3) is 0 Å². The molecule has 0 aliphatic rings. The van der Waals surface area contributed by atoms with Gasteiger partial charge in [0, 0.05) is 13.0 Å². The second-order valence-electron chi connectivity index (χ2n) is 8.37. The minimum atomic E-state index is -4.28. The number of carbonyl (C=O) groups is 1. The van der Waals surface area contributed by atoms with E-state index in [2.05, 4.69) is 60.1 Å². The molecule has 4 N–H and O–H groups in total. The lowest BCUT2D eigenvalue weighted by Crippen LogP contribution is -2.27. The Balaban J connectivity index is 3.74. The largest absolute Gasteiger partial charge is 0.472 e. The van der Waals surface area contributed by atoms with E-state index in [0.29, 0.717) is 6.42 Å². The number of phosphoric acid groups is 1. The number of hydrogen-bond donors (Lipinski definition) is 3. The number of aliphatic hydroxyl groups excluding tert-OH is 1. The minimum absolute atomic E-state index is 0.0642. The number of unbranched alkanes of at least 4 members (excludes halogenated alkanes) is 6. The first-order chi connectivity index (χ1) is 17.4. The van der Waals surface area contributed by atoms with Crippen molar-refractivity contribution in [1.82, 2.24) is 0 Å². The maximum absolute atomic E-state index is 11.9. The summed E-state index contributed by atoms with van der Waals surface area (Å²) in [7, 11) is -4.28. The topological polar surface area (TPSA) is 128 Å². The van der Waals surface area contributed by atoms with Gasteiger partial charge in [-0.3, -0.25) is 13.8 Å². The Morgan fingerprint density at radius 2 is 1.42 bits per heavy atom. The third kappa shape index (κ3) is 24.2. The van der Waals surface area contributed by atoms with Crippen LogP contribution in [0.5, 0.6) is 0 Å². The Hall–Kier alpha value is -1.54. The molecule has 0 fully saturated rings. The second kappa shape index (κ2) is 25.1. The number of ether oxygens (including phenoxy) is 1. The van der Waals surface area contributed by atoms with Crippen LogP contribution in [0.1, 0.15) is 84.0 Å². The van der Waals surface area contributed by atoms with Gasteiger partial charge in [-0.15, -0.1) is 0 Å². The molecule has 0 aromatic rings.